The lowest BCUT2D eigenvalue weighted by Gasteiger charge is -2.14. The molecule has 1 unspecified atom stereocenters. The van der Waals surface area contributed by atoms with E-state index in [1.54, 1.807) is 24.1 Å². The summed E-state index contributed by atoms with van der Waals surface area (Å²) in [5.74, 6) is 0.505. The standard InChI is InChI=1S/C21H22F3N5O2/c1-28-12-15(11-25-28)20(30)29-8-6-14(13-29)19-10-17(26-27-19)7-9-31-18-4-2-16(3-5-18)21(22,23)24/h2-5,10-12,14H,6-9,13H2,1H3,(H,26,27). The molecule has 1 saturated heterocycles. The summed E-state index contributed by atoms with van der Waals surface area (Å²) in [4.78, 5) is 14.4. The third-order valence-electron chi connectivity index (χ3n) is 5.32. The van der Waals surface area contributed by atoms with Gasteiger partial charge in [0.1, 0.15) is 5.75 Å². The van der Waals surface area contributed by atoms with Crippen molar-refractivity contribution in [1.82, 2.24) is 24.9 Å². The van der Waals surface area contributed by atoms with E-state index in [9.17, 15) is 18.0 Å². The SMILES string of the molecule is Cn1cc(C(=O)N2CCC(c3cc(CCOc4ccc(C(F)(F)F)cc4)[nH]n3)C2)cn1. The minimum Gasteiger partial charge on any atom is -0.493 e. The van der Waals surface area contributed by atoms with Gasteiger partial charge in [-0.2, -0.15) is 23.4 Å². The highest BCUT2D eigenvalue weighted by Crippen LogP contribution is 2.30. The van der Waals surface area contributed by atoms with E-state index < -0.39 is 11.7 Å². The largest absolute Gasteiger partial charge is 0.493 e. The average molecular weight is 433 g/mol. The molecule has 3 aromatic rings. The van der Waals surface area contributed by atoms with Crippen LogP contribution in [-0.2, 0) is 19.6 Å². The van der Waals surface area contributed by atoms with Crippen LogP contribution in [0.2, 0.25) is 0 Å². The number of carbonyl (C=O) groups is 1. The minimum atomic E-state index is -4.36. The van der Waals surface area contributed by atoms with Crippen LogP contribution in [0.3, 0.4) is 0 Å². The topological polar surface area (TPSA) is 76.0 Å². The van der Waals surface area contributed by atoms with Crippen LogP contribution in [0.4, 0.5) is 13.2 Å². The smallest absolute Gasteiger partial charge is 0.416 e. The van der Waals surface area contributed by atoms with Crippen molar-refractivity contribution in [1.29, 1.82) is 0 Å². The zero-order chi connectivity index (χ0) is 22.0. The Hall–Kier alpha value is -3.30. The number of hydrogen-bond donors (Lipinski definition) is 1. The number of halogens is 3. The van der Waals surface area contributed by atoms with E-state index in [4.69, 9.17) is 4.74 Å². The van der Waals surface area contributed by atoms with E-state index in [2.05, 4.69) is 15.3 Å². The maximum atomic E-state index is 12.6. The van der Waals surface area contributed by atoms with Gasteiger partial charge in [0, 0.05) is 44.4 Å². The van der Waals surface area contributed by atoms with Gasteiger partial charge in [0.05, 0.1) is 29.6 Å². The molecule has 1 amide bonds. The maximum Gasteiger partial charge on any atom is 0.416 e. The maximum absolute atomic E-state index is 12.6. The fourth-order valence-electron chi connectivity index (χ4n) is 3.64. The molecule has 1 aliphatic rings. The molecule has 1 atom stereocenters. The Kier molecular flexibility index (Phi) is 5.71. The summed E-state index contributed by atoms with van der Waals surface area (Å²) in [5.41, 5.74) is 1.64. The van der Waals surface area contributed by atoms with Gasteiger partial charge in [-0.05, 0) is 36.8 Å². The average Bonchev–Trinajstić information content (AvgIpc) is 3.48. The monoisotopic (exact) mass is 433 g/mol. The van der Waals surface area contributed by atoms with Gasteiger partial charge in [-0.3, -0.25) is 14.6 Å². The number of hydrogen-bond acceptors (Lipinski definition) is 4. The number of nitrogens with zero attached hydrogens (tertiary/aromatic N) is 4. The molecule has 10 heteroatoms. The molecule has 0 saturated carbocycles. The van der Waals surface area contributed by atoms with Crippen LogP contribution in [0, 0.1) is 0 Å². The second-order valence-corrected chi connectivity index (χ2v) is 7.58. The lowest BCUT2D eigenvalue weighted by atomic mass is 10.0. The molecule has 3 heterocycles. The third-order valence-corrected chi connectivity index (χ3v) is 5.32. The molecule has 2 aromatic heterocycles. The number of likely N-dealkylation sites (tertiary alicyclic amines) is 1. The molecule has 0 aliphatic carbocycles. The number of amides is 1. The first-order valence-corrected chi connectivity index (χ1v) is 9.92. The molecule has 0 spiro atoms. The normalized spacial score (nSPS) is 16.6. The van der Waals surface area contributed by atoms with Crippen molar-refractivity contribution in [2.24, 2.45) is 7.05 Å². The molecule has 1 aliphatic heterocycles. The van der Waals surface area contributed by atoms with E-state index in [1.165, 1.54) is 12.1 Å². The first kappa shape index (κ1) is 21.0. The van der Waals surface area contributed by atoms with Gasteiger partial charge in [0.2, 0.25) is 0 Å². The number of aromatic nitrogens is 4. The molecule has 1 N–H and O–H groups in total. The first-order chi connectivity index (χ1) is 14.8. The molecular formula is C21H22F3N5O2. The predicted octanol–water partition coefficient (Wildman–Crippen LogP) is 3.41. The van der Waals surface area contributed by atoms with Gasteiger partial charge >= 0.3 is 6.18 Å². The van der Waals surface area contributed by atoms with E-state index in [-0.39, 0.29) is 11.8 Å². The van der Waals surface area contributed by atoms with Crippen molar-refractivity contribution in [2.45, 2.75) is 24.9 Å². The second-order valence-electron chi connectivity index (χ2n) is 7.58. The second kappa shape index (κ2) is 8.44. The number of H-pyrrole nitrogens is 1. The Morgan fingerprint density at radius 1 is 1.29 bits per heavy atom. The number of ether oxygens (including phenoxy) is 1. The highest BCUT2D eigenvalue weighted by molar-refractivity contribution is 5.94. The van der Waals surface area contributed by atoms with Crippen molar-refractivity contribution in [2.75, 3.05) is 19.7 Å². The molecule has 1 fully saturated rings. The Labute approximate surface area is 176 Å². The Morgan fingerprint density at radius 2 is 2.06 bits per heavy atom. The first-order valence-electron chi connectivity index (χ1n) is 9.92. The van der Waals surface area contributed by atoms with Gasteiger partial charge in [0.15, 0.2) is 0 Å². The van der Waals surface area contributed by atoms with Crippen LogP contribution < -0.4 is 4.74 Å². The summed E-state index contributed by atoms with van der Waals surface area (Å²) >= 11 is 0. The van der Waals surface area contributed by atoms with Gasteiger partial charge in [-0.15, -0.1) is 0 Å². The van der Waals surface area contributed by atoms with Crippen molar-refractivity contribution in [3.05, 3.63) is 65.2 Å². The van der Waals surface area contributed by atoms with Gasteiger partial charge in [0.25, 0.3) is 5.91 Å². The molecular weight excluding hydrogens is 411 g/mol. The van der Waals surface area contributed by atoms with Gasteiger partial charge in [-0.25, -0.2) is 0 Å². The highest BCUT2D eigenvalue weighted by atomic mass is 19.4. The van der Waals surface area contributed by atoms with Crippen molar-refractivity contribution < 1.29 is 22.7 Å². The summed E-state index contributed by atoms with van der Waals surface area (Å²) in [6, 6.07) is 6.59. The molecule has 0 bridgehead atoms. The number of carbonyl (C=O) groups excluding carboxylic acids is 1. The Bertz CT molecular complexity index is 1040. The Balaban J connectivity index is 1.27. The highest BCUT2D eigenvalue weighted by Gasteiger charge is 2.31. The van der Waals surface area contributed by atoms with Gasteiger partial charge < -0.3 is 9.64 Å². The zero-order valence-corrected chi connectivity index (χ0v) is 16.9. The fourth-order valence-corrected chi connectivity index (χ4v) is 3.64. The summed E-state index contributed by atoms with van der Waals surface area (Å²) in [7, 11) is 1.77. The minimum absolute atomic E-state index is 0.0312. The van der Waals surface area contributed by atoms with Crippen LogP contribution in [0.1, 0.15) is 39.6 Å². The number of aryl methyl sites for hydroxylation is 1. The van der Waals surface area contributed by atoms with E-state index in [1.807, 2.05) is 11.0 Å². The van der Waals surface area contributed by atoms with Crippen LogP contribution in [0.25, 0.3) is 0 Å². The molecule has 1 aromatic carbocycles. The van der Waals surface area contributed by atoms with Crippen molar-refractivity contribution in [3.63, 3.8) is 0 Å². The van der Waals surface area contributed by atoms with E-state index >= 15 is 0 Å². The van der Waals surface area contributed by atoms with E-state index in [0.717, 1.165) is 29.9 Å². The molecule has 4 rings (SSSR count). The lowest BCUT2D eigenvalue weighted by Crippen LogP contribution is -2.28. The molecule has 0 radical (unpaired) electrons. The summed E-state index contributed by atoms with van der Waals surface area (Å²) < 4.78 is 44.9. The van der Waals surface area contributed by atoms with Gasteiger partial charge in [-0.1, -0.05) is 0 Å². The lowest BCUT2D eigenvalue weighted by molar-refractivity contribution is -0.137. The molecule has 7 nitrogen and oxygen atoms in total. The number of benzene rings is 1. The number of nitrogens with one attached hydrogen (secondary N) is 1. The quantitative estimate of drug-likeness (QED) is 0.647. The molecule has 31 heavy (non-hydrogen) atoms. The molecule has 164 valence electrons. The van der Waals surface area contributed by atoms with Crippen LogP contribution in [0.15, 0.2) is 42.7 Å². The van der Waals surface area contributed by atoms with Crippen LogP contribution in [0.5, 0.6) is 5.75 Å². The summed E-state index contributed by atoms with van der Waals surface area (Å²) in [6.07, 6.45) is 0.290. The predicted molar refractivity (Wildman–Crippen MR) is 106 cm³/mol. The fraction of sp³-hybridized carbons (Fsp3) is 0.381. The van der Waals surface area contributed by atoms with Crippen LogP contribution >= 0.6 is 0 Å². The third kappa shape index (κ3) is 4.89. The zero-order valence-electron chi connectivity index (χ0n) is 16.9. The number of rotatable bonds is 6. The summed E-state index contributed by atoms with van der Waals surface area (Å²) in [6.45, 7) is 1.57. The Morgan fingerprint density at radius 3 is 2.74 bits per heavy atom. The number of alkyl halides is 3. The van der Waals surface area contributed by atoms with Crippen molar-refractivity contribution in [3.8, 4) is 5.75 Å². The van der Waals surface area contributed by atoms with Crippen LogP contribution in [-0.4, -0.2) is 50.5 Å². The van der Waals surface area contributed by atoms with E-state index in [0.29, 0.717) is 37.4 Å². The number of aromatic amines is 1. The van der Waals surface area contributed by atoms with Crippen molar-refractivity contribution >= 4 is 5.91 Å². The summed E-state index contributed by atoms with van der Waals surface area (Å²) in [5, 5.41) is 11.4.